The molecule has 0 N–H and O–H groups in total. The minimum absolute atomic E-state index is 1.14. The van der Waals surface area contributed by atoms with Gasteiger partial charge in [-0.05, 0) is 47.9 Å². The molecule has 0 heterocycles. The van der Waals surface area contributed by atoms with Crippen LogP contribution in [0.3, 0.4) is 0 Å². The molecule has 0 saturated carbocycles. The molecule has 0 atom stereocenters. The summed E-state index contributed by atoms with van der Waals surface area (Å²) in [7, 11) is 0. The van der Waals surface area contributed by atoms with Gasteiger partial charge in [-0.1, -0.05) is 163 Å². The Bertz CT molecular complexity index is 724. The third-order valence-electron chi connectivity index (χ3n) is 5.00. The van der Waals surface area contributed by atoms with Crippen molar-refractivity contribution in [1.29, 1.82) is 0 Å². The van der Waals surface area contributed by atoms with Crippen molar-refractivity contribution in [3.05, 3.63) is 144 Å². The van der Waals surface area contributed by atoms with Gasteiger partial charge in [-0.15, -0.1) is 0 Å². The van der Waals surface area contributed by atoms with Gasteiger partial charge < -0.3 is 0 Å². The van der Waals surface area contributed by atoms with E-state index < -0.39 is 0 Å². The van der Waals surface area contributed by atoms with Crippen molar-refractivity contribution in [2.75, 3.05) is 0 Å². The fourth-order valence-electron chi connectivity index (χ4n) is 2.85. The van der Waals surface area contributed by atoms with E-state index in [4.69, 9.17) is 0 Å². The summed E-state index contributed by atoms with van der Waals surface area (Å²) in [4.78, 5) is 0. The summed E-state index contributed by atoms with van der Waals surface area (Å²) in [5.74, 6) is 0. The van der Waals surface area contributed by atoms with Crippen LogP contribution in [0, 0.1) is 0 Å². The van der Waals surface area contributed by atoms with E-state index in [1.54, 1.807) is 0 Å². The van der Waals surface area contributed by atoms with Crippen LogP contribution in [0.1, 0.15) is 63.8 Å². The normalized spacial score (nSPS) is 8.76. The molecule has 0 aliphatic carbocycles. The van der Waals surface area contributed by atoms with Crippen molar-refractivity contribution < 1.29 is 0 Å². The molecule has 0 aromatic heterocycles. The van der Waals surface area contributed by atoms with Gasteiger partial charge in [-0.2, -0.15) is 0 Å². The van der Waals surface area contributed by atoms with Gasteiger partial charge >= 0.3 is 0 Å². The third-order valence-corrected chi connectivity index (χ3v) is 5.00. The van der Waals surface area contributed by atoms with E-state index in [9.17, 15) is 0 Å². The minimum atomic E-state index is 1.14. The predicted octanol–water partition coefficient (Wildman–Crippen LogP) is 10.0. The summed E-state index contributed by atoms with van der Waals surface area (Å²) in [6, 6.07) is 41.8. The van der Waals surface area contributed by atoms with E-state index in [0.717, 1.165) is 25.7 Å². The lowest BCUT2D eigenvalue weighted by Crippen LogP contribution is -1.73. The van der Waals surface area contributed by atoms with Crippen molar-refractivity contribution in [3.8, 4) is 0 Å². The van der Waals surface area contributed by atoms with Gasteiger partial charge in [-0.25, -0.2) is 0 Å². The van der Waals surface area contributed by atoms with Gasteiger partial charge in [0.25, 0.3) is 0 Å². The average molecular weight is 455 g/mol. The fourth-order valence-corrected chi connectivity index (χ4v) is 2.85. The van der Waals surface area contributed by atoms with E-state index in [0.29, 0.717) is 0 Å². The SMILES string of the molecule is CC.CCc1ccccc1.CCc1ccccc1.CCc1ccccc1.CCc1ccccc1. The zero-order valence-electron chi connectivity index (χ0n) is 22.4. The van der Waals surface area contributed by atoms with Crippen LogP contribution in [0.25, 0.3) is 0 Å². The van der Waals surface area contributed by atoms with Gasteiger partial charge in [0.2, 0.25) is 0 Å². The molecule has 34 heavy (non-hydrogen) atoms. The summed E-state index contributed by atoms with van der Waals surface area (Å²) in [6.07, 6.45) is 4.56. The first kappa shape index (κ1) is 30.9. The van der Waals surface area contributed by atoms with E-state index in [1.165, 1.54) is 22.3 Å². The molecule has 0 aliphatic rings. The smallest absolute Gasteiger partial charge is 0.0307 e. The summed E-state index contributed by atoms with van der Waals surface area (Å²) < 4.78 is 0. The maximum atomic E-state index is 2.16. The number of benzene rings is 4. The van der Waals surface area contributed by atoms with Crippen LogP contribution in [0.4, 0.5) is 0 Å². The Balaban J connectivity index is 0.000000416. The fraction of sp³-hybridized carbons (Fsp3) is 0.294. The van der Waals surface area contributed by atoms with Crippen LogP contribution in [0.2, 0.25) is 0 Å². The van der Waals surface area contributed by atoms with Crippen LogP contribution in [0.5, 0.6) is 0 Å². The number of aryl methyl sites for hydroxylation is 4. The second-order valence-electron chi connectivity index (χ2n) is 7.36. The minimum Gasteiger partial charge on any atom is -0.0683 e. The highest BCUT2D eigenvalue weighted by molar-refractivity contribution is 5.15. The highest BCUT2D eigenvalue weighted by atomic mass is 13.9. The molecule has 4 rings (SSSR count). The molecular weight excluding hydrogens is 408 g/mol. The molecule has 182 valence electrons. The summed E-state index contributed by atoms with van der Waals surface area (Å²) in [5.41, 5.74) is 5.64. The Morgan fingerprint density at radius 1 is 0.294 bits per heavy atom. The van der Waals surface area contributed by atoms with Gasteiger partial charge in [0.05, 0.1) is 0 Å². The van der Waals surface area contributed by atoms with E-state index in [1.807, 2.05) is 38.1 Å². The third kappa shape index (κ3) is 16.5. The van der Waals surface area contributed by atoms with Gasteiger partial charge in [-0.3, -0.25) is 0 Å². The first-order valence-electron chi connectivity index (χ1n) is 12.9. The van der Waals surface area contributed by atoms with Crippen molar-refractivity contribution in [1.82, 2.24) is 0 Å². The standard InChI is InChI=1S/4C8H10.C2H6/c4*1-2-8-6-4-3-5-7-8;1-2/h4*3-7H,2H2,1H3;1-2H3. The second-order valence-corrected chi connectivity index (χ2v) is 7.36. The molecule has 0 saturated heterocycles. The monoisotopic (exact) mass is 454 g/mol. The molecule has 0 radical (unpaired) electrons. The maximum Gasteiger partial charge on any atom is -0.0307 e. The van der Waals surface area contributed by atoms with Crippen LogP contribution >= 0.6 is 0 Å². The summed E-state index contributed by atoms with van der Waals surface area (Å²) >= 11 is 0. The Morgan fingerprint density at radius 3 is 0.529 bits per heavy atom. The Labute approximate surface area is 210 Å². The second kappa shape index (κ2) is 23.1. The molecule has 4 aromatic rings. The number of hydrogen-bond donors (Lipinski definition) is 0. The van der Waals surface area contributed by atoms with Gasteiger partial charge in [0.15, 0.2) is 0 Å². The number of rotatable bonds is 4. The molecule has 4 aromatic carbocycles. The van der Waals surface area contributed by atoms with Crippen LogP contribution in [-0.2, 0) is 25.7 Å². The summed E-state index contributed by atoms with van der Waals surface area (Å²) in [6.45, 7) is 12.6. The highest BCUT2D eigenvalue weighted by Gasteiger charge is 1.82. The Kier molecular flexibility index (Phi) is 20.9. The zero-order valence-corrected chi connectivity index (χ0v) is 22.4. The molecule has 0 amide bonds. The largest absolute Gasteiger partial charge is 0.0683 e. The first-order valence-corrected chi connectivity index (χ1v) is 12.9. The first-order chi connectivity index (χ1) is 16.7. The van der Waals surface area contributed by atoms with Gasteiger partial charge in [0.1, 0.15) is 0 Å². The van der Waals surface area contributed by atoms with Crippen molar-refractivity contribution in [3.63, 3.8) is 0 Å². The van der Waals surface area contributed by atoms with Crippen molar-refractivity contribution in [2.45, 2.75) is 67.2 Å². The maximum absolute atomic E-state index is 2.16. The lowest BCUT2D eigenvalue weighted by molar-refractivity contribution is 1.14. The van der Waals surface area contributed by atoms with E-state index in [2.05, 4.69) is 125 Å². The lowest BCUT2D eigenvalue weighted by atomic mass is 10.2. The lowest BCUT2D eigenvalue weighted by Gasteiger charge is -1.89. The molecule has 0 bridgehead atoms. The topological polar surface area (TPSA) is 0 Å². The molecule has 0 spiro atoms. The molecule has 0 nitrogen and oxygen atoms in total. The predicted molar refractivity (Wildman–Crippen MR) is 155 cm³/mol. The Hall–Kier alpha value is -3.12. The van der Waals surface area contributed by atoms with Crippen molar-refractivity contribution in [2.24, 2.45) is 0 Å². The average Bonchev–Trinajstić information content (AvgIpc) is 2.97. The molecule has 0 aliphatic heterocycles. The Morgan fingerprint density at radius 2 is 0.441 bits per heavy atom. The quantitative estimate of drug-likeness (QED) is 0.288. The molecule has 0 heteroatoms. The van der Waals surface area contributed by atoms with Gasteiger partial charge in [0, 0.05) is 0 Å². The van der Waals surface area contributed by atoms with Crippen LogP contribution < -0.4 is 0 Å². The van der Waals surface area contributed by atoms with E-state index in [-0.39, 0.29) is 0 Å². The molecule has 0 fully saturated rings. The zero-order chi connectivity index (χ0) is 25.3. The van der Waals surface area contributed by atoms with E-state index >= 15 is 0 Å². The van der Waals surface area contributed by atoms with Crippen molar-refractivity contribution >= 4 is 0 Å². The molecular formula is C34H46. The highest BCUT2D eigenvalue weighted by Crippen LogP contribution is 1.99. The van der Waals surface area contributed by atoms with Crippen LogP contribution in [0.15, 0.2) is 121 Å². The molecule has 0 unspecified atom stereocenters. The summed E-state index contributed by atoms with van der Waals surface area (Å²) in [5, 5.41) is 0. The van der Waals surface area contributed by atoms with Crippen LogP contribution in [-0.4, -0.2) is 0 Å². The number of hydrogen-bond acceptors (Lipinski definition) is 0.